The zero-order chi connectivity index (χ0) is 24.9. The molecule has 0 aromatic heterocycles. The number of halogens is 6. The van der Waals surface area contributed by atoms with Crippen LogP contribution in [0.15, 0.2) is 60.3 Å². The highest BCUT2D eigenvalue weighted by Crippen LogP contribution is 2.37. The van der Waals surface area contributed by atoms with Crippen LogP contribution in [0, 0.1) is 11.3 Å². The van der Waals surface area contributed by atoms with Crippen LogP contribution in [-0.2, 0) is 23.7 Å². The third kappa shape index (κ3) is 6.51. The minimum absolute atomic E-state index is 0.000178. The molecule has 1 fully saturated rings. The van der Waals surface area contributed by atoms with Crippen molar-refractivity contribution in [2.45, 2.75) is 18.9 Å². The SMILES string of the molecule is N#C/C(=C/Nc1cc(C(F)(F)F)cc(C(F)(F)F)c1)C(=O)N1CCN(Cc2ccccc2)CC1. The average molecular weight is 482 g/mol. The molecule has 0 atom stereocenters. The maximum absolute atomic E-state index is 13.0. The van der Waals surface area contributed by atoms with Crippen LogP contribution in [0.2, 0.25) is 0 Å². The summed E-state index contributed by atoms with van der Waals surface area (Å²) in [5.41, 5.74) is -2.86. The molecule has 180 valence electrons. The zero-order valence-corrected chi connectivity index (χ0v) is 17.7. The molecule has 1 amide bonds. The maximum Gasteiger partial charge on any atom is 0.416 e. The smallest absolute Gasteiger partial charge is 0.360 e. The van der Waals surface area contributed by atoms with Crippen molar-refractivity contribution in [1.29, 1.82) is 5.26 Å². The Balaban J connectivity index is 1.69. The number of hydrogen-bond donors (Lipinski definition) is 1. The Bertz CT molecular complexity index is 1050. The van der Waals surface area contributed by atoms with E-state index < -0.39 is 40.6 Å². The van der Waals surface area contributed by atoms with Gasteiger partial charge in [-0.2, -0.15) is 31.6 Å². The Morgan fingerprint density at radius 1 is 0.941 bits per heavy atom. The molecule has 5 nitrogen and oxygen atoms in total. The molecule has 34 heavy (non-hydrogen) atoms. The molecule has 11 heteroatoms. The van der Waals surface area contributed by atoms with Crippen molar-refractivity contribution in [3.8, 4) is 6.07 Å². The van der Waals surface area contributed by atoms with Gasteiger partial charge in [0.15, 0.2) is 0 Å². The molecule has 0 unspecified atom stereocenters. The number of carbonyl (C=O) groups is 1. The number of alkyl halides is 6. The van der Waals surface area contributed by atoms with Crippen LogP contribution >= 0.6 is 0 Å². The van der Waals surface area contributed by atoms with E-state index in [1.807, 2.05) is 30.3 Å². The molecule has 1 aliphatic rings. The average Bonchev–Trinajstić information content (AvgIpc) is 2.79. The first-order chi connectivity index (χ1) is 16.0. The lowest BCUT2D eigenvalue weighted by Gasteiger charge is -2.34. The lowest BCUT2D eigenvalue weighted by molar-refractivity contribution is -0.143. The highest BCUT2D eigenvalue weighted by molar-refractivity contribution is 5.97. The lowest BCUT2D eigenvalue weighted by atomic mass is 10.1. The fourth-order valence-electron chi connectivity index (χ4n) is 3.46. The van der Waals surface area contributed by atoms with E-state index in [-0.39, 0.29) is 6.07 Å². The molecule has 0 bridgehead atoms. The van der Waals surface area contributed by atoms with Crippen LogP contribution in [0.1, 0.15) is 16.7 Å². The molecule has 3 rings (SSSR count). The molecule has 1 aliphatic heterocycles. The second kappa shape index (κ2) is 10.2. The highest BCUT2D eigenvalue weighted by Gasteiger charge is 2.37. The van der Waals surface area contributed by atoms with Crippen molar-refractivity contribution >= 4 is 11.6 Å². The number of carbonyl (C=O) groups excluding carboxylic acids is 1. The maximum atomic E-state index is 13.0. The van der Waals surface area contributed by atoms with E-state index in [4.69, 9.17) is 0 Å². The Kier molecular flexibility index (Phi) is 7.51. The van der Waals surface area contributed by atoms with Gasteiger partial charge in [0.05, 0.1) is 11.1 Å². The second-order valence-corrected chi connectivity index (χ2v) is 7.66. The molecule has 0 aliphatic carbocycles. The summed E-state index contributed by atoms with van der Waals surface area (Å²) in [7, 11) is 0. The van der Waals surface area contributed by atoms with Gasteiger partial charge < -0.3 is 10.2 Å². The zero-order valence-electron chi connectivity index (χ0n) is 17.7. The van der Waals surface area contributed by atoms with Crippen molar-refractivity contribution in [2.75, 3.05) is 31.5 Å². The number of amides is 1. The topological polar surface area (TPSA) is 59.4 Å². The number of benzene rings is 2. The Morgan fingerprint density at radius 3 is 2.00 bits per heavy atom. The fraction of sp³-hybridized carbons (Fsp3) is 0.304. The summed E-state index contributed by atoms with van der Waals surface area (Å²) in [6, 6.07) is 12.3. The Morgan fingerprint density at radius 2 is 1.50 bits per heavy atom. The second-order valence-electron chi connectivity index (χ2n) is 7.66. The lowest BCUT2D eigenvalue weighted by Crippen LogP contribution is -2.48. The molecular formula is C23H20F6N4O. The summed E-state index contributed by atoms with van der Waals surface area (Å²) in [5, 5.41) is 11.6. The quantitative estimate of drug-likeness (QED) is 0.375. The molecule has 1 saturated heterocycles. The third-order valence-electron chi connectivity index (χ3n) is 5.23. The van der Waals surface area contributed by atoms with Gasteiger partial charge in [-0.3, -0.25) is 9.69 Å². The summed E-state index contributed by atoms with van der Waals surface area (Å²) in [6.07, 6.45) is -9.18. The van der Waals surface area contributed by atoms with E-state index in [2.05, 4.69) is 10.2 Å². The summed E-state index contributed by atoms with van der Waals surface area (Å²) in [5.74, 6) is -0.655. The van der Waals surface area contributed by atoms with Gasteiger partial charge in [0, 0.05) is 44.6 Å². The van der Waals surface area contributed by atoms with Crippen LogP contribution in [0.25, 0.3) is 0 Å². The van der Waals surface area contributed by atoms with E-state index in [9.17, 15) is 36.4 Å². The molecule has 2 aromatic rings. The van der Waals surface area contributed by atoms with Crippen molar-refractivity contribution < 1.29 is 31.1 Å². The van der Waals surface area contributed by atoms with Gasteiger partial charge >= 0.3 is 12.4 Å². The summed E-state index contributed by atoms with van der Waals surface area (Å²) in [6.45, 7) is 2.45. The number of nitrogens with zero attached hydrogens (tertiary/aromatic N) is 3. The van der Waals surface area contributed by atoms with Crippen molar-refractivity contribution in [3.63, 3.8) is 0 Å². The van der Waals surface area contributed by atoms with Crippen molar-refractivity contribution in [3.05, 3.63) is 77.0 Å². The van der Waals surface area contributed by atoms with Gasteiger partial charge in [-0.05, 0) is 23.8 Å². The van der Waals surface area contributed by atoms with E-state index in [0.717, 1.165) is 11.8 Å². The first-order valence-electron chi connectivity index (χ1n) is 10.2. The monoisotopic (exact) mass is 482 g/mol. The number of nitriles is 1. The van der Waals surface area contributed by atoms with Gasteiger partial charge in [-0.15, -0.1) is 0 Å². The molecule has 2 aromatic carbocycles. The van der Waals surface area contributed by atoms with Crippen LogP contribution in [0.5, 0.6) is 0 Å². The summed E-state index contributed by atoms with van der Waals surface area (Å²) in [4.78, 5) is 16.2. The number of nitrogens with one attached hydrogen (secondary N) is 1. The molecule has 0 saturated carbocycles. The van der Waals surface area contributed by atoms with Gasteiger partial charge in [0.1, 0.15) is 11.6 Å². The fourth-order valence-corrected chi connectivity index (χ4v) is 3.46. The Labute approximate surface area is 191 Å². The normalized spacial score (nSPS) is 15.7. The first-order valence-corrected chi connectivity index (χ1v) is 10.2. The van der Waals surface area contributed by atoms with Crippen molar-refractivity contribution in [1.82, 2.24) is 9.80 Å². The summed E-state index contributed by atoms with van der Waals surface area (Å²) >= 11 is 0. The van der Waals surface area contributed by atoms with Crippen molar-refractivity contribution in [2.24, 2.45) is 0 Å². The van der Waals surface area contributed by atoms with E-state index >= 15 is 0 Å². The predicted octanol–water partition coefficient (Wildman–Crippen LogP) is 4.89. The predicted molar refractivity (Wildman–Crippen MR) is 112 cm³/mol. The van der Waals surface area contributed by atoms with E-state index in [0.29, 0.717) is 44.9 Å². The van der Waals surface area contributed by atoms with Gasteiger partial charge in [0.2, 0.25) is 0 Å². The molecule has 1 N–H and O–H groups in total. The molecule has 0 radical (unpaired) electrons. The van der Waals surface area contributed by atoms with Crippen LogP contribution in [0.3, 0.4) is 0 Å². The number of piperazine rings is 1. The summed E-state index contributed by atoms with van der Waals surface area (Å²) < 4.78 is 78.1. The number of anilines is 1. The van der Waals surface area contributed by atoms with Gasteiger partial charge in [-0.25, -0.2) is 0 Å². The van der Waals surface area contributed by atoms with E-state index in [1.165, 1.54) is 4.90 Å². The first kappa shape index (κ1) is 25.1. The van der Waals surface area contributed by atoms with E-state index in [1.54, 1.807) is 6.07 Å². The minimum atomic E-state index is -5.01. The number of hydrogen-bond acceptors (Lipinski definition) is 4. The molecule has 0 spiro atoms. The van der Waals surface area contributed by atoms with Crippen LogP contribution in [-0.4, -0.2) is 41.9 Å². The van der Waals surface area contributed by atoms with Crippen LogP contribution < -0.4 is 5.32 Å². The van der Waals surface area contributed by atoms with Gasteiger partial charge in [-0.1, -0.05) is 30.3 Å². The highest BCUT2D eigenvalue weighted by atomic mass is 19.4. The van der Waals surface area contributed by atoms with Gasteiger partial charge in [0.25, 0.3) is 5.91 Å². The number of rotatable bonds is 5. The molecular weight excluding hydrogens is 462 g/mol. The standard InChI is InChI=1S/C23H20F6N4O/c24-22(25,26)18-10-19(23(27,28)29)12-20(11-18)31-14-17(13-30)21(34)33-8-6-32(7-9-33)15-16-4-2-1-3-5-16/h1-5,10-12,14,31H,6-9,15H2/b17-14-. The largest absolute Gasteiger partial charge is 0.416 e. The minimum Gasteiger partial charge on any atom is -0.360 e. The van der Waals surface area contributed by atoms with Crippen LogP contribution in [0.4, 0.5) is 32.0 Å². The Hall–Kier alpha value is -3.52. The molecule has 1 heterocycles. The third-order valence-corrected chi connectivity index (χ3v) is 5.23.